The first kappa shape index (κ1) is 23.8. The van der Waals surface area contributed by atoms with Gasteiger partial charge >= 0.3 is 0 Å². The van der Waals surface area contributed by atoms with Crippen molar-refractivity contribution in [1.82, 2.24) is 15.3 Å². The molecule has 1 aromatic heterocycles. The number of nitrogens with zero attached hydrogens (tertiary/aromatic N) is 2. The molecule has 0 saturated heterocycles. The Bertz CT molecular complexity index is 1290. The van der Waals surface area contributed by atoms with Gasteiger partial charge in [0.1, 0.15) is 27.2 Å². The van der Waals surface area contributed by atoms with Crippen molar-refractivity contribution in [2.75, 3.05) is 12.0 Å². The smallest absolute Gasteiger partial charge is 0.254 e. The Hall–Kier alpha value is -3.33. The van der Waals surface area contributed by atoms with Crippen molar-refractivity contribution >= 4 is 21.6 Å². The second-order valence-corrected chi connectivity index (χ2v) is 11.0. The zero-order valence-corrected chi connectivity index (χ0v) is 19.7. The predicted molar refractivity (Wildman–Crippen MR) is 129 cm³/mol. The third kappa shape index (κ3) is 5.41. The van der Waals surface area contributed by atoms with E-state index < -0.39 is 21.6 Å². The number of nitrogens with two attached hydrogens (primary N) is 1. The van der Waals surface area contributed by atoms with Gasteiger partial charge in [-0.15, -0.1) is 0 Å². The average Bonchev–Trinajstić information content (AvgIpc) is 2.83. The Kier molecular flexibility index (Phi) is 6.92. The molecule has 1 fully saturated rings. The Labute approximate surface area is 198 Å². The summed E-state index contributed by atoms with van der Waals surface area (Å²) in [4.78, 5) is 21.3. The Morgan fingerprint density at radius 1 is 1.12 bits per heavy atom. The van der Waals surface area contributed by atoms with Crippen LogP contribution in [0.5, 0.6) is 0 Å². The Morgan fingerprint density at radius 3 is 2.47 bits per heavy atom. The molecule has 34 heavy (non-hydrogen) atoms. The number of nitrogen functional groups attached to an aromatic ring is 1. The van der Waals surface area contributed by atoms with E-state index in [2.05, 4.69) is 15.3 Å². The van der Waals surface area contributed by atoms with Crippen LogP contribution < -0.4 is 11.1 Å². The summed E-state index contributed by atoms with van der Waals surface area (Å²) in [6, 6.07) is 13.6. The molecule has 0 bridgehead atoms. The maximum absolute atomic E-state index is 14.8. The van der Waals surface area contributed by atoms with Crippen LogP contribution in [0.25, 0.3) is 11.3 Å². The van der Waals surface area contributed by atoms with Crippen molar-refractivity contribution in [2.24, 2.45) is 0 Å². The zero-order chi connectivity index (χ0) is 24.3. The number of halogens is 1. The molecule has 1 heterocycles. The van der Waals surface area contributed by atoms with Crippen molar-refractivity contribution in [3.05, 3.63) is 77.4 Å². The van der Waals surface area contributed by atoms with E-state index in [-0.39, 0.29) is 22.5 Å². The molecule has 3 N–H and O–H groups in total. The molecule has 0 unspecified atom stereocenters. The fraction of sp³-hybridized carbons (Fsp3) is 0.320. The van der Waals surface area contributed by atoms with Crippen LogP contribution in [0.2, 0.25) is 0 Å². The van der Waals surface area contributed by atoms with E-state index >= 15 is 0 Å². The van der Waals surface area contributed by atoms with Crippen molar-refractivity contribution in [2.45, 2.75) is 43.4 Å². The number of anilines is 1. The Balaban J connectivity index is 1.50. The Morgan fingerprint density at radius 2 is 1.82 bits per heavy atom. The molecule has 1 amide bonds. The molecule has 9 heteroatoms. The molecule has 2 aromatic carbocycles. The minimum Gasteiger partial charge on any atom is -0.382 e. The summed E-state index contributed by atoms with van der Waals surface area (Å²) in [6.45, 7) is 0.295. The lowest BCUT2D eigenvalue weighted by Crippen LogP contribution is -2.26. The molecule has 1 saturated carbocycles. The van der Waals surface area contributed by atoms with E-state index in [4.69, 9.17) is 5.73 Å². The molecule has 7 nitrogen and oxygen atoms in total. The van der Waals surface area contributed by atoms with E-state index in [1.54, 1.807) is 12.3 Å². The quantitative estimate of drug-likeness (QED) is 0.551. The van der Waals surface area contributed by atoms with Gasteiger partial charge in [-0.25, -0.2) is 22.8 Å². The lowest BCUT2D eigenvalue weighted by atomic mass is 9.86. The maximum Gasteiger partial charge on any atom is 0.254 e. The summed E-state index contributed by atoms with van der Waals surface area (Å²) in [5.41, 5.74) is 8.36. The lowest BCUT2D eigenvalue weighted by Gasteiger charge is -2.27. The van der Waals surface area contributed by atoms with Crippen LogP contribution in [0.15, 0.2) is 54.7 Å². The van der Waals surface area contributed by atoms with Gasteiger partial charge in [-0.3, -0.25) is 4.79 Å². The highest BCUT2D eigenvalue weighted by Crippen LogP contribution is 2.35. The van der Waals surface area contributed by atoms with Crippen LogP contribution in [0.1, 0.15) is 53.2 Å². The minimum absolute atomic E-state index is 0.0673. The molecule has 1 aliphatic rings. The highest BCUT2D eigenvalue weighted by Gasteiger charge is 2.29. The standard InChI is InChI=1S/C25H27FN4O3S/c1-34(32,33)19-10-7-17(8-11-19)22-15-28-24(27)23(30-22)18-9-12-20(21(26)13-18)25(31)29-14-16-5-3-2-4-6-16/h2-6,9,12-13,15,17,19H,7-8,10-11,14H2,1H3,(H2,27,28)(H,29,31). The van der Waals surface area contributed by atoms with Gasteiger partial charge in [0.05, 0.1) is 22.7 Å². The average molecular weight is 483 g/mol. The molecule has 3 aromatic rings. The topological polar surface area (TPSA) is 115 Å². The summed E-state index contributed by atoms with van der Waals surface area (Å²) in [7, 11) is -3.06. The summed E-state index contributed by atoms with van der Waals surface area (Å²) >= 11 is 0. The molecule has 4 rings (SSSR count). The molecular formula is C25H27FN4O3S. The lowest BCUT2D eigenvalue weighted by molar-refractivity contribution is 0.0947. The number of nitrogens with one attached hydrogen (secondary N) is 1. The number of amides is 1. The van der Waals surface area contributed by atoms with E-state index in [0.29, 0.717) is 49.2 Å². The monoisotopic (exact) mass is 482 g/mol. The van der Waals surface area contributed by atoms with Crippen LogP contribution in [0.4, 0.5) is 10.2 Å². The van der Waals surface area contributed by atoms with Gasteiger partial charge in [-0.1, -0.05) is 36.4 Å². The number of hydrogen-bond donors (Lipinski definition) is 2. The van der Waals surface area contributed by atoms with E-state index in [1.165, 1.54) is 18.4 Å². The van der Waals surface area contributed by atoms with Gasteiger partial charge in [0.15, 0.2) is 0 Å². The van der Waals surface area contributed by atoms with Gasteiger partial charge in [0.25, 0.3) is 5.91 Å². The van der Waals surface area contributed by atoms with Crippen LogP contribution in [0.3, 0.4) is 0 Å². The summed E-state index contributed by atoms with van der Waals surface area (Å²) in [5.74, 6) is -0.960. The SMILES string of the molecule is CS(=O)(=O)C1CCC(c2cnc(N)c(-c3ccc(C(=O)NCc4ccccc4)c(F)c3)n2)CC1. The number of carbonyl (C=O) groups is 1. The molecule has 178 valence electrons. The molecule has 0 spiro atoms. The van der Waals surface area contributed by atoms with Gasteiger partial charge in [-0.05, 0) is 43.4 Å². The first-order chi connectivity index (χ1) is 16.2. The van der Waals surface area contributed by atoms with Gasteiger partial charge < -0.3 is 11.1 Å². The summed E-state index contributed by atoms with van der Waals surface area (Å²) in [5, 5.41) is 2.40. The second-order valence-electron chi connectivity index (χ2n) is 8.69. The van der Waals surface area contributed by atoms with Crippen LogP contribution in [-0.4, -0.2) is 35.8 Å². The first-order valence-electron chi connectivity index (χ1n) is 11.2. The van der Waals surface area contributed by atoms with Crippen molar-refractivity contribution in [1.29, 1.82) is 0 Å². The van der Waals surface area contributed by atoms with Gasteiger partial charge in [-0.2, -0.15) is 0 Å². The zero-order valence-electron chi connectivity index (χ0n) is 18.9. The number of sulfone groups is 1. The first-order valence-corrected chi connectivity index (χ1v) is 13.1. The highest BCUT2D eigenvalue weighted by molar-refractivity contribution is 7.91. The van der Waals surface area contributed by atoms with E-state index in [0.717, 1.165) is 5.56 Å². The molecule has 0 aliphatic heterocycles. The molecule has 0 atom stereocenters. The van der Waals surface area contributed by atoms with Crippen molar-refractivity contribution in [3.8, 4) is 11.3 Å². The number of benzene rings is 2. The maximum atomic E-state index is 14.8. The van der Waals surface area contributed by atoms with Crippen LogP contribution in [-0.2, 0) is 16.4 Å². The third-order valence-corrected chi connectivity index (χ3v) is 7.98. The summed E-state index contributed by atoms with van der Waals surface area (Å²) < 4.78 is 38.5. The van der Waals surface area contributed by atoms with Crippen LogP contribution >= 0.6 is 0 Å². The minimum atomic E-state index is -3.06. The molecule has 0 radical (unpaired) electrons. The van der Waals surface area contributed by atoms with Crippen molar-refractivity contribution in [3.63, 3.8) is 0 Å². The third-order valence-electron chi connectivity index (χ3n) is 6.30. The molecular weight excluding hydrogens is 455 g/mol. The summed E-state index contributed by atoms with van der Waals surface area (Å²) in [6.07, 6.45) is 5.40. The normalized spacial score (nSPS) is 18.4. The van der Waals surface area contributed by atoms with Crippen LogP contribution in [0, 0.1) is 5.82 Å². The molecule has 1 aliphatic carbocycles. The fourth-order valence-corrected chi connectivity index (χ4v) is 5.46. The second kappa shape index (κ2) is 9.89. The van der Waals surface area contributed by atoms with Crippen molar-refractivity contribution < 1.29 is 17.6 Å². The number of hydrogen-bond acceptors (Lipinski definition) is 6. The van der Waals surface area contributed by atoms with Gasteiger partial charge in [0.2, 0.25) is 0 Å². The van der Waals surface area contributed by atoms with E-state index in [1.807, 2.05) is 30.3 Å². The predicted octanol–water partition coefficient (Wildman–Crippen LogP) is 3.87. The number of aromatic nitrogens is 2. The van der Waals surface area contributed by atoms with Gasteiger partial charge in [0, 0.05) is 24.3 Å². The largest absolute Gasteiger partial charge is 0.382 e. The highest BCUT2D eigenvalue weighted by atomic mass is 32.2. The number of rotatable bonds is 6. The number of carbonyl (C=O) groups excluding carboxylic acids is 1. The fourth-order valence-electron chi connectivity index (χ4n) is 4.33. The van der Waals surface area contributed by atoms with E-state index in [9.17, 15) is 17.6 Å².